The van der Waals surface area contributed by atoms with Gasteiger partial charge in [-0.25, -0.2) is 0 Å². The van der Waals surface area contributed by atoms with Crippen LogP contribution in [0.5, 0.6) is 5.88 Å². The number of benzene rings is 1. The van der Waals surface area contributed by atoms with Crippen LogP contribution < -0.4 is 5.56 Å². The van der Waals surface area contributed by atoms with Crippen molar-refractivity contribution in [3.63, 3.8) is 0 Å². The number of aromatic hydroxyl groups is 1. The van der Waals surface area contributed by atoms with Crippen LogP contribution in [-0.4, -0.2) is 28.7 Å². The lowest BCUT2D eigenvalue weighted by atomic mass is 9.96. The summed E-state index contributed by atoms with van der Waals surface area (Å²) < 4.78 is 6.32. The lowest BCUT2D eigenvalue weighted by Gasteiger charge is -2.15. The van der Waals surface area contributed by atoms with Gasteiger partial charge in [-0.2, -0.15) is 5.26 Å². The summed E-state index contributed by atoms with van der Waals surface area (Å²) in [5.74, 6) is -0.830. The molecule has 0 aliphatic heterocycles. The Kier molecular flexibility index (Phi) is 6.31. The van der Waals surface area contributed by atoms with Gasteiger partial charge in [0.2, 0.25) is 5.88 Å². The Morgan fingerprint density at radius 2 is 1.92 bits per heavy atom. The van der Waals surface area contributed by atoms with E-state index in [1.54, 1.807) is 24.3 Å². The van der Waals surface area contributed by atoms with Crippen LogP contribution in [0.1, 0.15) is 46.0 Å². The fourth-order valence-electron chi connectivity index (χ4n) is 2.75. The fraction of sp³-hybridized carbons (Fsp3) is 0.350. The lowest BCUT2D eigenvalue weighted by Crippen LogP contribution is -2.27. The van der Waals surface area contributed by atoms with Crippen LogP contribution in [0.15, 0.2) is 29.1 Å². The Hall–Kier alpha value is -2.91. The monoisotopic (exact) mass is 354 g/mol. The average molecular weight is 354 g/mol. The summed E-state index contributed by atoms with van der Waals surface area (Å²) in [7, 11) is 0. The molecular weight excluding hydrogens is 332 g/mol. The first-order valence-electron chi connectivity index (χ1n) is 8.47. The Balaban J connectivity index is 2.54. The van der Waals surface area contributed by atoms with Gasteiger partial charge in [0.25, 0.3) is 5.56 Å². The molecule has 0 spiro atoms. The molecule has 2 rings (SSSR count). The highest BCUT2D eigenvalue weighted by atomic mass is 16.5. The van der Waals surface area contributed by atoms with Gasteiger partial charge in [-0.15, -0.1) is 0 Å². The molecule has 0 radical (unpaired) electrons. The molecule has 26 heavy (non-hydrogen) atoms. The van der Waals surface area contributed by atoms with E-state index in [9.17, 15) is 20.0 Å². The number of aromatic nitrogens is 1. The van der Waals surface area contributed by atoms with E-state index in [4.69, 9.17) is 4.74 Å². The highest BCUT2D eigenvalue weighted by Crippen LogP contribution is 2.25. The van der Waals surface area contributed by atoms with Crippen molar-refractivity contribution >= 4 is 5.78 Å². The molecule has 0 unspecified atom stereocenters. The zero-order valence-electron chi connectivity index (χ0n) is 15.2. The van der Waals surface area contributed by atoms with Gasteiger partial charge >= 0.3 is 0 Å². The van der Waals surface area contributed by atoms with E-state index in [0.717, 1.165) is 10.1 Å². The summed E-state index contributed by atoms with van der Waals surface area (Å²) in [5, 5.41) is 20.0. The molecule has 6 heteroatoms. The van der Waals surface area contributed by atoms with Gasteiger partial charge in [-0.1, -0.05) is 29.8 Å². The van der Waals surface area contributed by atoms with Crippen LogP contribution in [0.2, 0.25) is 0 Å². The number of ether oxygens (including phenoxy) is 1. The van der Waals surface area contributed by atoms with Crippen molar-refractivity contribution in [3.8, 4) is 11.9 Å². The van der Waals surface area contributed by atoms with Gasteiger partial charge in [-0.3, -0.25) is 14.2 Å². The molecule has 0 atom stereocenters. The molecule has 0 aliphatic rings. The standard InChI is InChI=1S/C20H22N2O4/c1-4-26-11-5-10-22-19(24)16(12-21)14(3)17(20(22)25)18(23)15-8-6-13(2)7-9-15/h6-9,25H,4-5,10-11H2,1-3H3. The number of carbonyl (C=O) groups is 1. The van der Waals surface area contributed by atoms with E-state index in [1.807, 2.05) is 19.9 Å². The number of hydrogen-bond acceptors (Lipinski definition) is 5. The van der Waals surface area contributed by atoms with Gasteiger partial charge in [0.05, 0.1) is 5.56 Å². The first kappa shape index (κ1) is 19.4. The Bertz CT molecular complexity index is 905. The Morgan fingerprint density at radius 1 is 1.27 bits per heavy atom. The van der Waals surface area contributed by atoms with Crippen molar-refractivity contribution in [1.82, 2.24) is 4.57 Å². The number of aryl methyl sites for hydroxylation is 1. The highest BCUT2D eigenvalue weighted by molar-refractivity contribution is 6.11. The number of carbonyl (C=O) groups excluding carboxylic acids is 1. The minimum absolute atomic E-state index is 0.0126. The minimum Gasteiger partial charge on any atom is -0.494 e. The number of rotatable bonds is 7. The molecule has 1 heterocycles. The van der Waals surface area contributed by atoms with Gasteiger partial charge in [0, 0.05) is 25.3 Å². The van der Waals surface area contributed by atoms with Crippen molar-refractivity contribution in [3.05, 3.63) is 62.4 Å². The van der Waals surface area contributed by atoms with Crippen molar-refractivity contribution in [2.45, 2.75) is 33.7 Å². The number of nitrogens with zero attached hydrogens (tertiary/aromatic N) is 2. The molecule has 1 aromatic carbocycles. The summed E-state index contributed by atoms with van der Waals surface area (Å²) in [5.41, 5.74) is 0.843. The van der Waals surface area contributed by atoms with Crippen molar-refractivity contribution in [2.75, 3.05) is 13.2 Å². The van der Waals surface area contributed by atoms with Crippen LogP contribution in [0.4, 0.5) is 0 Å². The maximum Gasteiger partial charge on any atom is 0.271 e. The van der Waals surface area contributed by atoms with E-state index < -0.39 is 17.2 Å². The van der Waals surface area contributed by atoms with Crippen LogP contribution in [0.25, 0.3) is 0 Å². The molecule has 1 N–H and O–H groups in total. The van der Waals surface area contributed by atoms with E-state index in [0.29, 0.717) is 25.2 Å². The molecule has 6 nitrogen and oxygen atoms in total. The summed E-state index contributed by atoms with van der Waals surface area (Å²) in [6.07, 6.45) is 0.480. The fourth-order valence-corrected chi connectivity index (χ4v) is 2.75. The second kappa shape index (κ2) is 8.45. The zero-order valence-corrected chi connectivity index (χ0v) is 15.2. The average Bonchev–Trinajstić information content (AvgIpc) is 2.62. The molecular formula is C20H22N2O4. The van der Waals surface area contributed by atoms with E-state index in [2.05, 4.69) is 0 Å². The van der Waals surface area contributed by atoms with Crippen LogP contribution >= 0.6 is 0 Å². The summed E-state index contributed by atoms with van der Waals surface area (Å²) in [4.78, 5) is 25.4. The zero-order chi connectivity index (χ0) is 19.3. The van der Waals surface area contributed by atoms with Crippen LogP contribution in [0, 0.1) is 25.2 Å². The third-order valence-corrected chi connectivity index (χ3v) is 4.22. The first-order chi connectivity index (χ1) is 12.4. The summed E-state index contributed by atoms with van der Waals surface area (Å²) in [6.45, 7) is 6.40. The van der Waals surface area contributed by atoms with E-state index in [1.165, 1.54) is 6.92 Å². The van der Waals surface area contributed by atoms with E-state index in [-0.39, 0.29) is 23.2 Å². The Morgan fingerprint density at radius 3 is 2.50 bits per heavy atom. The van der Waals surface area contributed by atoms with Gasteiger partial charge in [0.1, 0.15) is 11.6 Å². The molecule has 0 saturated heterocycles. The number of pyridine rings is 1. The van der Waals surface area contributed by atoms with Gasteiger partial charge in [-0.05, 0) is 32.8 Å². The quantitative estimate of drug-likeness (QED) is 0.610. The van der Waals surface area contributed by atoms with Crippen LogP contribution in [0.3, 0.4) is 0 Å². The highest BCUT2D eigenvalue weighted by Gasteiger charge is 2.24. The molecule has 136 valence electrons. The van der Waals surface area contributed by atoms with Crippen molar-refractivity contribution < 1.29 is 14.6 Å². The lowest BCUT2D eigenvalue weighted by molar-refractivity contribution is 0.103. The molecule has 2 aromatic rings. The number of hydrogen-bond donors (Lipinski definition) is 1. The largest absolute Gasteiger partial charge is 0.494 e. The molecule has 0 bridgehead atoms. The van der Waals surface area contributed by atoms with E-state index >= 15 is 0 Å². The minimum atomic E-state index is -0.598. The molecule has 0 saturated carbocycles. The SMILES string of the molecule is CCOCCCn1c(O)c(C(=O)c2ccc(C)cc2)c(C)c(C#N)c1=O. The normalized spacial score (nSPS) is 10.5. The third kappa shape index (κ3) is 3.84. The first-order valence-corrected chi connectivity index (χ1v) is 8.47. The van der Waals surface area contributed by atoms with Crippen LogP contribution in [-0.2, 0) is 11.3 Å². The molecule has 0 fully saturated rings. The van der Waals surface area contributed by atoms with Crippen molar-refractivity contribution in [2.24, 2.45) is 0 Å². The molecule has 0 amide bonds. The molecule has 0 aliphatic carbocycles. The second-order valence-corrected chi connectivity index (χ2v) is 6.01. The smallest absolute Gasteiger partial charge is 0.271 e. The molecule has 1 aromatic heterocycles. The number of nitriles is 1. The topological polar surface area (TPSA) is 92.3 Å². The third-order valence-electron chi connectivity index (χ3n) is 4.22. The predicted octanol–water partition coefficient (Wildman–Crippen LogP) is 2.70. The van der Waals surface area contributed by atoms with Gasteiger partial charge in [0.15, 0.2) is 5.78 Å². The van der Waals surface area contributed by atoms with Crippen molar-refractivity contribution in [1.29, 1.82) is 5.26 Å². The predicted molar refractivity (Wildman–Crippen MR) is 97.5 cm³/mol. The van der Waals surface area contributed by atoms with Gasteiger partial charge < -0.3 is 9.84 Å². The summed E-state index contributed by atoms with van der Waals surface area (Å²) in [6, 6.07) is 8.77. The maximum atomic E-state index is 12.9. The second-order valence-electron chi connectivity index (χ2n) is 6.01. The Labute approximate surface area is 152 Å². The number of ketones is 1. The maximum absolute atomic E-state index is 12.9. The summed E-state index contributed by atoms with van der Waals surface area (Å²) >= 11 is 0.